The highest BCUT2D eigenvalue weighted by atomic mass is 35.5. The minimum atomic E-state index is -0.900. The van der Waals surface area contributed by atoms with Crippen molar-refractivity contribution in [2.75, 3.05) is 0 Å². The first kappa shape index (κ1) is 15.3. The Kier molecular flexibility index (Phi) is 4.78. The predicted octanol–water partition coefficient (Wildman–Crippen LogP) is 2.29. The number of amides is 1. The Labute approximate surface area is 117 Å². The molecule has 5 nitrogen and oxygen atoms in total. The molecular formula is C13H18ClN3O2. The highest BCUT2D eigenvalue weighted by Crippen LogP contribution is 2.18. The number of nitrogens with zero attached hydrogens (tertiary/aromatic N) is 1. The van der Waals surface area contributed by atoms with Crippen molar-refractivity contribution in [3.8, 4) is 0 Å². The zero-order chi connectivity index (χ0) is 14.6. The van der Waals surface area contributed by atoms with Gasteiger partial charge in [0, 0.05) is 10.6 Å². The van der Waals surface area contributed by atoms with Gasteiger partial charge in [0.1, 0.15) is 0 Å². The summed E-state index contributed by atoms with van der Waals surface area (Å²) in [5, 5.41) is 15.0. The maximum atomic E-state index is 12.1. The lowest BCUT2D eigenvalue weighted by atomic mass is 9.96. The van der Waals surface area contributed by atoms with Crippen molar-refractivity contribution in [1.29, 1.82) is 0 Å². The number of hydrogen-bond acceptors (Lipinski definition) is 3. The summed E-state index contributed by atoms with van der Waals surface area (Å²) in [6, 6.07) is 5.04. The van der Waals surface area contributed by atoms with Crippen LogP contribution in [0.15, 0.2) is 23.4 Å². The molecule has 104 valence electrons. The molecule has 1 amide bonds. The molecule has 0 bridgehead atoms. The summed E-state index contributed by atoms with van der Waals surface area (Å²) in [7, 11) is 0. The molecule has 0 saturated carbocycles. The van der Waals surface area contributed by atoms with Crippen LogP contribution in [0.5, 0.6) is 0 Å². The second-order valence-electron chi connectivity index (χ2n) is 4.59. The molecule has 1 unspecified atom stereocenters. The quantitative estimate of drug-likeness (QED) is 0.343. The van der Waals surface area contributed by atoms with Gasteiger partial charge >= 0.3 is 0 Å². The van der Waals surface area contributed by atoms with Crippen molar-refractivity contribution in [3.05, 3.63) is 34.3 Å². The summed E-state index contributed by atoms with van der Waals surface area (Å²) in [5.41, 5.74) is 6.03. The van der Waals surface area contributed by atoms with E-state index in [0.717, 1.165) is 5.56 Å². The van der Waals surface area contributed by atoms with Gasteiger partial charge in [-0.05, 0) is 38.0 Å². The van der Waals surface area contributed by atoms with Gasteiger partial charge in [-0.1, -0.05) is 29.7 Å². The first-order valence-electron chi connectivity index (χ1n) is 5.90. The molecular weight excluding hydrogens is 266 g/mol. The molecule has 4 N–H and O–H groups in total. The van der Waals surface area contributed by atoms with Crippen LogP contribution < -0.4 is 11.1 Å². The molecule has 1 rings (SSSR count). The Hall–Kier alpha value is -1.75. The van der Waals surface area contributed by atoms with E-state index >= 15 is 0 Å². The number of carbonyl (C=O) groups is 1. The zero-order valence-electron chi connectivity index (χ0n) is 11.2. The monoisotopic (exact) mass is 283 g/mol. The van der Waals surface area contributed by atoms with Gasteiger partial charge in [0.15, 0.2) is 5.84 Å². The lowest BCUT2D eigenvalue weighted by Crippen LogP contribution is -2.55. The second-order valence-corrected chi connectivity index (χ2v) is 5.00. The molecule has 0 aliphatic carbocycles. The number of benzene rings is 1. The summed E-state index contributed by atoms with van der Waals surface area (Å²) in [6.45, 7) is 5.38. The first-order valence-corrected chi connectivity index (χ1v) is 6.28. The van der Waals surface area contributed by atoms with Crippen LogP contribution in [-0.4, -0.2) is 22.5 Å². The third kappa shape index (κ3) is 3.38. The summed E-state index contributed by atoms with van der Waals surface area (Å²) >= 11 is 5.98. The summed E-state index contributed by atoms with van der Waals surface area (Å²) in [5.74, 6) is -0.362. The van der Waals surface area contributed by atoms with E-state index in [1.165, 1.54) is 0 Å². The summed E-state index contributed by atoms with van der Waals surface area (Å²) in [6.07, 6.45) is 0.494. The lowest BCUT2D eigenvalue weighted by molar-refractivity contribution is 0.0925. The van der Waals surface area contributed by atoms with Crippen molar-refractivity contribution < 1.29 is 10.0 Å². The minimum absolute atomic E-state index is 0.0402. The van der Waals surface area contributed by atoms with Crippen LogP contribution >= 0.6 is 11.6 Å². The highest BCUT2D eigenvalue weighted by molar-refractivity contribution is 6.31. The summed E-state index contributed by atoms with van der Waals surface area (Å²) in [4.78, 5) is 12.1. The fourth-order valence-corrected chi connectivity index (χ4v) is 1.68. The van der Waals surface area contributed by atoms with Crippen molar-refractivity contribution in [2.45, 2.75) is 32.7 Å². The van der Waals surface area contributed by atoms with Gasteiger partial charge in [0.05, 0.1) is 5.54 Å². The van der Waals surface area contributed by atoms with Gasteiger partial charge in [-0.25, -0.2) is 0 Å². The molecule has 1 aromatic rings. The Morgan fingerprint density at radius 2 is 2.21 bits per heavy atom. The van der Waals surface area contributed by atoms with Crippen LogP contribution in [-0.2, 0) is 0 Å². The normalized spacial score (nSPS) is 14.8. The number of hydrogen-bond donors (Lipinski definition) is 3. The smallest absolute Gasteiger partial charge is 0.252 e. The van der Waals surface area contributed by atoms with Gasteiger partial charge in [0.25, 0.3) is 5.91 Å². The fourth-order valence-electron chi connectivity index (χ4n) is 1.50. The minimum Gasteiger partial charge on any atom is -0.409 e. The molecule has 0 spiro atoms. The third-order valence-corrected chi connectivity index (χ3v) is 3.61. The number of rotatable bonds is 4. The van der Waals surface area contributed by atoms with Crippen molar-refractivity contribution >= 4 is 23.3 Å². The van der Waals surface area contributed by atoms with Crippen LogP contribution in [0.25, 0.3) is 0 Å². The van der Waals surface area contributed by atoms with E-state index in [1.807, 2.05) is 13.8 Å². The molecule has 0 aliphatic heterocycles. The molecule has 0 fully saturated rings. The fraction of sp³-hybridized carbons (Fsp3) is 0.385. The molecule has 6 heteroatoms. The van der Waals surface area contributed by atoms with Gasteiger partial charge in [-0.2, -0.15) is 0 Å². The molecule has 0 heterocycles. The van der Waals surface area contributed by atoms with Crippen LogP contribution in [0.4, 0.5) is 0 Å². The molecule has 1 aromatic carbocycles. The maximum Gasteiger partial charge on any atom is 0.252 e. The van der Waals surface area contributed by atoms with E-state index in [4.69, 9.17) is 22.5 Å². The number of amidine groups is 1. The van der Waals surface area contributed by atoms with Crippen LogP contribution in [0.3, 0.4) is 0 Å². The highest BCUT2D eigenvalue weighted by Gasteiger charge is 2.30. The first-order chi connectivity index (χ1) is 8.84. The van der Waals surface area contributed by atoms with Gasteiger partial charge < -0.3 is 16.3 Å². The number of nitrogens with two attached hydrogens (primary N) is 1. The lowest BCUT2D eigenvalue weighted by Gasteiger charge is -2.28. The van der Waals surface area contributed by atoms with Crippen molar-refractivity contribution in [3.63, 3.8) is 0 Å². The topological polar surface area (TPSA) is 87.7 Å². The van der Waals surface area contributed by atoms with E-state index in [2.05, 4.69) is 10.5 Å². The SMILES string of the molecule is CCC(C)(NC(=O)c1ccc(C)c(Cl)c1)C(N)=NO. The molecule has 0 radical (unpaired) electrons. The van der Waals surface area contributed by atoms with Crippen molar-refractivity contribution in [1.82, 2.24) is 5.32 Å². The number of nitrogens with one attached hydrogen (secondary N) is 1. The Balaban J connectivity index is 2.98. The number of oxime groups is 1. The predicted molar refractivity (Wildman–Crippen MR) is 75.8 cm³/mol. The van der Waals surface area contributed by atoms with Gasteiger partial charge in [-0.3, -0.25) is 4.79 Å². The van der Waals surface area contributed by atoms with E-state index < -0.39 is 5.54 Å². The average molecular weight is 284 g/mol. The number of carbonyl (C=O) groups excluding carboxylic acids is 1. The van der Waals surface area contributed by atoms with E-state index in [0.29, 0.717) is 17.0 Å². The number of aryl methyl sites for hydroxylation is 1. The standard InChI is InChI=1S/C13H18ClN3O2/c1-4-13(3,12(15)17-19)16-11(18)9-6-5-8(2)10(14)7-9/h5-7,19H,4H2,1-3H3,(H2,15,17)(H,16,18). The maximum absolute atomic E-state index is 12.1. The Bertz CT molecular complexity index is 517. The van der Waals surface area contributed by atoms with Crippen LogP contribution in [0, 0.1) is 6.92 Å². The van der Waals surface area contributed by atoms with E-state index in [1.54, 1.807) is 25.1 Å². The number of halogens is 1. The van der Waals surface area contributed by atoms with Gasteiger partial charge in [0.2, 0.25) is 0 Å². The summed E-state index contributed by atoms with van der Waals surface area (Å²) < 4.78 is 0. The average Bonchev–Trinajstić information content (AvgIpc) is 2.40. The Morgan fingerprint density at radius 3 is 2.68 bits per heavy atom. The van der Waals surface area contributed by atoms with Gasteiger partial charge in [-0.15, -0.1) is 0 Å². The molecule has 0 aliphatic rings. The molecule has 0 saturated heterocycles. The largest absolute Gasteiger partial charge is 0.409 e. The molecule has 19 heavy (non-hydrogen) atoms. The molecule has 0 aromatic heterocycles. The van der Waals surface area contributed by atoms with Crippen molar-refractivity contribution in [2.24, 2.45) is 10.9 Å². The van der Waals surface area contributed by atoms with E-state index in [9.17, 15) is 4.79 Å². The third-order valence-electron chi connectivity index (χ3n) is 3.20. The second kappa shape index (κ2) is 5.93. The Morgan fingerprint density at radius 1 is 1.58 bits per heavy atom. The molecule has 1 atom stereocenters. The van der Waals surface area contributed by atoms with Crippen LogP contribution in [0.1, 0.15) is 36.2 Å². The van der Waals surface area contributed by atoms with E-state index in [-0.39, 0.29) is 11.7 Å². The van der Waals surface area contributed by atoms with Crippen LogP contribution in [0.2, 0.25) is 5.02 Å². The zero-order valence-corrected chi connectivity index (χ0v) is 12.0.